The fourth-order valence-corrected chi connectivity index (χ4v) is 2.69. The van der Waals surface area contributed by atoms with Crippen molar-refractivity contribution in [3.63, 3.8) is 0 Å². The number of amides is 1. The number of nitrogens with two attached hydrogens (primary N) is 1. The Morgan fingerprint density at radius 2 is 2.00 bits per heavy atom. The van der Waals surface area contributed by atoms with Gasteiger partial charge < -0.3 is 5.32 Å². The molecule has 10 heteroatoms. The first-order valence-corrected chi connectivity index (χ1v) is 7.77. The van der Waals surface area contributed by atoms with Gasteiger partial charge in [-0.05, 0) is 12.1 Å². The van der Waals surface area contributed by atoms with Gasteiger partial charge in [0.15, 0.2) is 5.03 Å². The summed E-state index contributed by atoms with van der Waals surface area (Å²) in [6, 6.07) is 10.9. The second-order valence-electron chi connectivity index (χ2n) is 4.67. The maximum atomic E-state index is 12.0. The molecule has 0 atom stereocenters. The molecule has 0 aliphatic carbocycles. The molecule has 0 saturated carbocycles. The van der Waals surface area contributed by atoms with E-state index in [-0.39, 0.29) is 34.1 Å². The number of rotatable bonds is 5. The topological polar surface area (TPSA) is 160 Å². The molecule has 0 aliphatic heterocycles. The largest absolute Gasteiger partial charge is 0.320 e. The molecule has 0 saturated heterocycles. The van der Waals surface area contributed by atoms with Gasteiger partial charge in [0, 0.05) is 6.07 Å². The molecule has 25 heavy (non-hydrogen) atoms. The number of nitrogens with zero attached hydrogens (tertiary/aromatic N) is 3. The Hall–Kier alpha value is -3.63. The average Bonchev–Trinajstić information content (AvgIpc) is 2.60. The van der Waals surface area contributed by atoms with Crippen molar-refractivity contribution < 1.29 is 14.7 Å². The van der Waals surface area contributed by atoms with Crippen LogP contribution in [0.2, 0.25) is 0 Å². The number of hydrogen-bond acceptors (Lipinski definition) is 7. The third-order valence-electron chi connectivity index (χ3n) is 3.04. The van der Waals surface area contributed by atoms with Gasteiger partial charge in [-0.3, -0.25) is 20.6 Å². The lowest BCUT2D eigenvalue weighted by Gasteiger charge is -2.06. The van der Waals surface area contributed by atoms with Gasteiger partial charge in [0.05, 0.1) is 10.7 Å². The Kier molecular flexibility index (Phi) is 5.50. The summed E-state index contributed by atoms with van der Waals surface area (Å²) in [4.78, 5) is 25.1. The van der Waals surface area contributed by atoms with Crippen LogP contribution in [-0.2, 0) is 4.79 Å². The van der Waals surface area contributed by atoms with Crippen molar-refractivity contribution >= 4 is 34.9 Å². The van der Waals surface area contributed by atoms with E-state index in [2.05, 4.69) is 10.3 Å². The lowest BCUT2D eigenvalue weighted by molar-refractivity contribution is -0.410. The number of nitro groups is 1. The number of thioether (sulfide) groups is 1. The molecule has 9 nitrogen and oxygen atoms in total. The number of para-hydroxylation sites is 2. The van der Waals surface area contributed by atoms with Crippen LogP contribution in [0.3, 0.4) is 0 Å². The predicted molar refractivity (Wildman–Crippen MR) is 89.3 cm³/mol. The minimum Gasteiger partial charge on any atom is -0.320 e. The zero-order chi connectivity index (χ0) is 18.4. The van der Waals surface area contributed by atoms with E-state index in [0.717, 1.165) is 11.8 Å². The molecule has 4 N–H and O–H groups in total. The summed E-state index contributed by atoms with van der Waals surface area (Å²) in [7, 11) is 0. The summed E-state index contributed by atoms with van der Waals surface area (Å²) in [5, 5.41) is 31.7. The Balaban J connectivity index is 2.12. The molecule has 1 aromatic carbocycles. The average molecular weight is 355 g/mol. The number of nitriles is 2. The van der Waals surface area contributed by atoms with E-state index in [4.69, 9.17) is 16.3 Å². The highest BCUT2D eigenvalue weighted by molar-refractivity contribution is 7.99. The molecule has 124 valence electrons. The van der Waals surface area contributed by atoms with Crippen molar-refractivity contribution in [2.24, 2.45) is 0 Å². The molecule has 0 fully saturated rings. The van der Waals surface area contributed by atoms with Crippen molar-refractivity contribution in [3.05, 3.63) is 51.6 Å². The van der Waals surface area contributed by atoms with E-state index >= 15 is 0 Å². The first-order chi connectivity index (χ1) is 12.0. The van der Waals surface area contributed by atoms with Gasteiger partial charge in [-0.15, -0.1) is 0 Å². The maximum Gasteiger partial charge on any atom is 0.292 e. The van der Waals surface area contributed by atoms with Crippen LogP contribution in [0.25, 0.3) is 0 Å². The summed E-state index contributed by atoms with van der Waals surface area (Å²) in [5.74, 6) is -0.509. The normalized spacial score (nSPS) is 9.68. The number of nitro benzene ring substituents is 1. The van der Waals surface area contributed by atoms with Crippen LogP contribution < -0.4 is 16.0 Å². The SMILES string of the molecule is N#Cc1cc(C#N)c(SCC(=O)Nc2ccccc2[N+](=O)[O-])[nH+]c1N. The zero-order valence-electron chi connectivity index (χ0n) is 12.6. The number of nitrogens with one attached hydrogen (secondary N) is 2. The number of benzene rings is 1. The summed E-state index contributed by atoms with van der Waals surface area (Å²) in [6.07, 6.45) is 0. The van der Waals surface area contributed by atoms with Gasteiger partial charge in [0.2, 0.25) is 5.91 Å². The summed E-state index contributed by atoms with van der Waals surface area (Å²) in [5.41, 5.74) is 5.84. The van der Waals surface area contributed by atoms with Crippen LogP contribution in [0.4, 0.5) is 17.2 Å². The van der Waals surface area contributed by atoms with E-state index in [0.29, 0.717) is 5.03 Å². The van der Waals surface area contributed by atoms with Crippen LogP contribution in [0, 0.1) is 32.8 Å². The molecular formula is C15H11N6O3S+. The molecule has 0 spiro atoms. The highest BCUT2D eigenvalue weighted by Gasteiger charge is 2.18. The smallest absolute Gasteiger partial charge is 0.292 e. The van der Waals surface area contributed by atoms with Gasteiger partial charge in [-0.25, -0.2) is 4.98 Å². The maximum absolute atomic E-state index is 12.0. The number of nitrogen functional groups attached to an aromatic ring is 1. The van der Waals surface area contributed by atoms with Crippen LogP contribution in [0.15, 0.2) is 35.4 Å². The number of carbonyl (C=O) groups excluding carboxylic acids is 1. The molecule has 0 aliphatic rings. The standard InChI is InChI=1S/C15H10N6O3S/c16-6-9-5-10(7-17)15(20-14(9)18)25-8-13(22)19-11-3-1-2-4-12(11)21(23)24/h1-5H,8H2,(H2,18,20)(H,19,22)/p+1. The van der Waals surface area contributed by atoms with E-state index in [1.807, 2.05) is 12.1 Å². The second kappa shape index (κ2) is 7.77. The first-order valence-electron chi connectivity index (χ1n) is 6.78. The van der Waals surface area contributed by atoms with Gasteiger partial charge in [0.25, 0.3) is 11.5 Å². The van der Waals surface area contributed by atoms with Crippen molar-refractivity contribution in [2.75, 3.05) is 16.8 Å². The Labute approximate surface area is 146 Å². The number of H-pyrrole nitrogens is 1. The van der Waals surface area contributed by atoms with Crippen LogP contribution in [0.5, 0.6) is 0 Å². The molecule has 0 radical (unpaired) electrons. The summed E-state index contributed by atoms with van der Waals surface area (Å²) >= 11 is 0.997. The molecule has 1 aromatic heterocycles. The van der Waals surface area contributed by atoms with Crippen LogP contribution in [0.1, 0.15) is 11.1 Å². The second-order valence-corrected chi connectivity index (χ2v) is 5.66. The van der Waals surface area contributed by atoms with Crippen molar-refractivity contribution in [1.29, 1.82) is 10.5 Å². The summed E-state index contributed by atoms with van der Waals surface area (Å²) < 4.78 is 0. The molecule has 2 aromatic rings. The predicted octanol–water partition coefficient (Wildman–Crippen LogP) is 1.47. The van der Waals surface area contributed by atoms with Gasteiger partial charge >= 0.3 is 0 Å². The van der Waals surface area contributed by atoms with Crippen molar-refractivity contribution in [3.8, 4) is 12.1 Å². The molecule has 0 bridgehead atoms. The number of aromatic amines is 1. The number of aromatic nitrogens is 1. The minimum atomic E-state index is -0.592. The molecule has 1 heterocycles. The van der Waals surface area contributed by atoms with E-state index in [1.165, 1.54) is 24.3 Å². The van der Waals surface area contributed by atoms with E-state index < -0.39 is 10.8 Å². The number of carbonyl (C=O) groups is 1. The molecule has 2 rings (SSSR count). The minimum absolute atomic E-state index is 0.0851. The van der Waals surface area contributed by atoms with Gasteiger partial charge in [0.1, 0.15) is 29.0 Å². The zero-order valence-corrected chi connectivity index (χ0v) is 13.5. The lowest BCUT2D eigenvalue weighted by atomic mass is 10.2. The van der Waals surface area contributed by atoms with Gasteiger partial charge in [-0.1, -0.05) is 23.9 Å². The fourth-order valence-electron chi connectivity index (χ4n) is 1.90. The highest BCUT2D eigenvalue weighted by Crippen LogP contribution is 2.24. The Bertz CT molecular complexity index is 932. The van der Waals surface area contributed by atoms with Crippen LogP contribution >= 0.6 is 11.8 Å². The Morgan fingerprint density at radius 1 is 1.32 bits per heavy atom. The van der Waals surface area contributed by atoms with Crippen molar-refractivity contribution in [1.82, 2.24) is 0 Å². The molecule has 1 amide bonds. The number of pyridine rings is 1. The van der Waals surface area contributed by atoms with E-state index in [9.17, 15) is 14.9 Å². The van der Waals surface area contributed by atoms with Gasteiger partial charge in [-0.2, -0.15) is 10.5 Å². The lowest BCUT2D eigenvalue weighted by Crippen LogP contribution is -2.20. The highest BCUT2D eigenvalue weighted by atomic mass is 32.2. The van der Waals surface area contributed by atoms with E-state index in [1.54, 1.807) is 6.07 Å². The Morgan fingerprint density at radius 3 is 2.64 bits per heavy atom. The third kappa shape index (κ3) is 4.22. The first kappa shape index (κ1) is 17.7. The molecule has 0 unspecified atom stereocenters. The fraction of sp³-hybridized carbons (Fsp3) is 0.0667. The monoisotopic (exact) mass is 355 g/mol. The van der Waals surface area contributed by atoms with Crippen molar-refractivity contribution in [2.45, 2.75) is 5.03 Å². The number of anilines is 2. The quantitative estimate of drug-likeness (QED) is 0.466. The number of hydrogen-bond donors (Lipinski definition) is 2. The third-order valence-corrected chi connectivity index (χ3v) is 4.05. The summed E-state index contributed by atoms with van der Waals surface area (Å²) in [6.45, 7) is 0. The van der Waals surface area contributed by atoms with Crippen LogP contribution in [-0.4, -0.2) is 16.6 Å². The molecular weight excluding hydrogens is 344 g/mol.